The van der Waals surface area contributed by atoms with Crippen molar-refractivity contribution in [2.75, 3.05) is 33.1 Å². The maximum Gasteiger partial charge on any atom is 0.195 e. The molecule has 0 aliphatic heterocycles. The van der Waals surface area contributed by atoms with E-state index in [0.717, 1.165) is 18.7 Å². The number of nitrogens with one attached hydrogen (secondary N) is 3. The van der Waals surface area contributed by atoms with Crippen molar-refractivity contribution < 1.29 is 9.47 Å². The molecule has 150 valence electrons. The number of benzene rings is 2. The molecule has 3 N–H and O–H groups in total. The average molecular weight is 494 g/mol. The minimum atomic E-state index is 0. The van der Waals surface area contributed by atoms with Crippen LogP contribution in [-0.4, -0.2) is 38.8 Å². The monoisotopic (exact) mass is 494 g/mol. The van der Waals surface area contributed by atoms with E-state index in [-0.39, 0.29) is 24.0 Å². The average Bonchev–Trinajstić information content (AvgIpc) is 3.08. The zero-order chi connectivity index (χ0) is 19.2. The van der Waals surface area contributed by atoms with Crippen molar-refractivity contribution in [1.29, 1.82) is 0 Å². The van der Waals surface area contributed by atoms with Crippen LogP contribution >= 0.6 is 24.0 Å². The van der Waals surface area contributed by atoms with Crippen molar-refractivity contribution >= 4 is 46.5 Å². The molecule has 1 aromatic heterocycles. The Hall–Kier alpha value is -2.42. The molecule has 1 heterocycles. The number of anilines is 1. The molecule has 7 heteroatoms. The van der Waals surface area contributed by atoms with Gasteiger partial charge in [0.15, 0.2) is 17.5 Å². The lowest BCUT2D eigenvalue weighted by atomic mass is 10.1. The minimum Gasteiger partial charge on any atom is -0.493 e. The summed E-state index contributed by atoms with van der Waals surface area (Å²) in [6, 6.07) is 12.2. The van der Waals surface area contributed by atoms with Gasteiger partial charge in [-0.25, -0.2) is 0 Å². The maximum atomic E-state index is 5.34. The molecule has 0 amide bonds. The molecule has 0 bridgehead atoms. The second-order valence-electron chi connectivity index (χ2n) is 6.31. The smallest absolute Gasteiger partial charge is 0.195 e. The summed E-state index contributed by atoms with van der Waals surface area (Å²) >= 11 is 0. The van der Waals surface area contributed by atoms with Crippen molar-refractivity contribution in [2.45, 2.75) is 13.3 Å². The SMILES string of the molecule is CN=C(NCCc1c[nH]c2cc(C)ccc12)Nc1ccc(OC)c(OC)c1.I. The normalized spacial score (nSPS) is 11.1. The Balaban J connectivity index is 0.00000280. The zero-order valence-corrected chi connectivity index (χ0v) is 19.0. The number of aliphatic imine (C=N–C) groups is 1. The fraction of sp³-hybridized carbons (Fsp3) is 0.286. The first-order valence-electron chi connectivity index (χ1n) is 8.91. The van der Waals surface area contributed by atoms with E-state index in [0.29, 0.717) is 17.5 Å². The number of aromatic nitrogens is 1. The quantitative estimate of drug-likeness (QED) is 0.271. The second kappa shape index (κ2) is 10.2. The highest BCUT2D eigenvalue weighted by Crippen LogP contribution is 2.29. The Morgan fingerprint density at radius 1 is 1.07 bits per heavy atom. The van der Waals surface area contributed by atoms with Gasteiger partial charge in [-0.3, -0.25) is 4.99 Å². The van der Waals surface area contributed by atoms with Crippen LogP contribution in [0.25, 0.3) is 10.9 Å². The third kappa shape index (κ3) is 5.09. The number of nitrogens with zero attached hydrogens (tertiary/aromatic N) is 1. The molecule has 0 fully saturated rings. The molecule has 3 aromatic rings. The molecule has 0 saturated carbocycles. The van der Waals surface area contributed by atoms with Crippen molar-refractivity contribution in [1.82, 2.24) is 10.3 Å². The van der Waals surface area contributed by atoms with Crippen molar-refractivity contribution in [3.05, 3.63) is 53.7 Å². The summed E-state index contributed by atoms with van der Waals surface area (Å²) in [5.74, 6) is 2.07. The van der Waals surface area contributed by atoms with Crippen LogP contribution in [0.2, 0.25) is 0 Å². The molecule has 0 aliphatic carbocycles. The van der Waals surface area contributed by atoms with Gasteiger partial charge in [0.05, 0.1) is 14.2 Å². The van der Waals surface area contributed by atoms with E-state index in [4.69, 9.17) is 9.47 Å². The predicted octanol–water partition coefficient (Wildman–Crippen LogP) is 4.34. The van der Waals surface area contributed by atoms with E-state index in [2.05, 4.69) is 51.9 Å². The Kier molecular flexibility index (Phi) is 7.98. The first kappa shape index (κ1) is 21.9. The van der Waals surface area contributed by atoms with Crippen LogP contribution < -0.4 is 20.1 Å². The number of methoxy groups -OCH3 is 2. The number of halogens is 1. The van der Waals surface area contributed by atoms with E-state index < -0.39 is 0 Å². The largest absolute Gasteiger partial charge is 0.493 e. The summed E-state index contributed by atoms with van der Waals surface area (Å²) in [5.41, 5.74) is 4.61. The molecular formula is C21H27IN4O2. The van der Waals surface area contributed by atoms with E-state index >= 15 is 0 Å². The molecule has 0 unspecified atom stereocenters. The highest BCUT2D eigenvalue weighted by Gasteiger charge is 2.07. The summed E-state index contributed by atoms with van der Waals surface area (Å²) in [4.78, 5) is 7.63. The lowest BCUT2D eigenvalue weighted by Crippen LogP contribution is -2.32. The summed E-state index contributed by atoms with van der Waals surface area (Å²) in [6.45, 7) is 2.87. The van der Waals surface area contributed by atoms with Crippen LogP contribution in [-0.2, 0) is 6.42 Å². The highest BCUT2D eigenvalue weighted by atomic mass is 127. The number of H-pyrrole nitrogens is 1. The zero-order valence-electron chi connectivity index (χ0n) is 16.6. The van der Waals surface area contributed by atoms with Crippen LogP contribution in [0.5, 0.6) is 11.5 Å². The van der Waals surface area contributed by atoms with E-state index in [1.54, 1.807) is 21.3 Å². The Bertz CT molecular complexity index is 953. The molecule has 2 aromatic carbocycles. The van der Waals surface area contributed by atoms with Crippen molar-refractivity contribution in [3.8, 4) is 11.5 Å². The molecule has 0 saturated heterocycles. The standard InChI is InChI=1S/C21H26N4O2.HI/c1-14-5-7-17-15(13-24-18(17)11-14)9-10-23-21(22-2)25-16-6-8-19(26-3)20(12-16)27-4;/h5-8,11-13,24H,9-10H2,1-4H3,(H2,22,23,25);1H. The first-order chi connectivity index (χ1) is 13.1. The van der Waals surface area contributed by atoms with Gasteiger partial charge in [0, 0.05) is 42.4 Å². The lowest BCUT2D eigenvalue weighted by Gasteiger charge is -2.14. The topological polar surface area (TPSA) is 70.7 Å². The molecule has 3 rings (SSSR count). The lowest BCUT2D eigenvalue weighted by molar-refractivity contribution is 0.355. The Labute approximate surface area is 182 Å². The number of aryl methyl sites for hydroxylation is 1. The van der Waals surface area contributed by atoms with E-state index in [9.17, 15) is 0 Å². The molecule has 0 radical (unpaired) electrons. The van der Waals surface area contributed by atoms with Gasteiger partial charge in [-0.2, -0.15) is 0 Å². The van der Waals surface area contributed by atoms with Gasteiger partial charge in [-0.1, -0.05) is 12.1 Å². The van der Waals surface area contributed by atoms with Crippen LogP contribution in [0.15, 0.2) is 47.6 Å². The summed E-state index contributed by atoms with van der Waals surface area (Å²) < 4.78 is 10.6. The summed E-state index contributed by atoms with van der Waals surface area (Å²) in [5, 5.41) is 7.89. The van der Waals surface area contributed by atoms with Gasteiger partial charge >= 0.3 is 0 Å². The minimum absolute atomic E-state index is 0. The van der Waals surface area contributed by atoms with Gasteiger partial charge in [0.1, 0.15) is 0 Å². The summed E-state index contributed by atoms with van der Waals surface area (Å²) in [6.07, 6.45) is 2.98. The van der Waals surface area contributed by atoms with Crippen molar-refractivity contribution in [3.63, 3.8) is 0 Å². The van der Waals surface area contributed by atoms with Crippen LogP contribution in [0, 0.1) is 6.92 Å². The molecule has 28 heavy (non-hydrogen) atoms. The molecule has 0 atom stereocenters. The first-order valence-corrected chi connectivity index (χ1v) is 8.91. The number of guanidine groups is 1. The second-order valence-corrected chi connectivity index (χ2v) is 6.31. The highest BCUT2D eigenvalue weighted by molar-refractivity contribution is 14.0. The third-order valence-corrected chi connectivity index (χ3v) is 4.48. The van der Waals surface area contributed by atoms with E-state index in [1.165, 1.54) is 22.0 Å². The summed E-state index contributed by atoms with van der Waals surface area (Å²) in [7, 11) is 5.00. The number of fused-ring (bicyclic) bond motifs is 1. The fourth-order valence-electron chi connectivity index (χ4n) is 3.05. The molecule has 0 aliphatic rings. The number of ether oxygens (including phenoxy) is 2. The van der Waals surface area contributed by atoms with Gasteiger partial charge in [0.2, 0.25) is 0 Å². The van der Waals surface area contributed by atoms with Gasteiger partial charge in [-0.05, 0) is 42.7 Å². The number of rotatable bonds is 6. The number of hydrogen-bond acceptors (Lipinski definition) is 3. The van der Waals surface area contributed by atoms with Gasteiger partial charge in [-0.15, -0.1) is 24.0 Å². The Morgan fingerprint density at radius 2 is 1.86 bits per heavy atom. The maximum absolute atomic E-state index is 5.34. The van der Waals surface area contributed by atoms with Crippen molar-refractivity contribution in [2.24, 2.45) is 4.99 Å². The van der Waals surface area contributed by atoms with Gasteiger partial charge in [0.25, 0.3) is 0 Å². The van der Waals surface area contributed by atoms with Gasteiger partial charge < -0.3 is 25.1 Å². The molecule has 6 nitrogen and oxygen atoms in total. The van der Waals surface area contributed by atoms with E-state index in [1.807, 2.05) is 18.2 Å². The van der Waals surface area contributed by atoms with Crippen LogP contribution in [0.3, 0.4) is 0 Å². The Morgan fingerprint density at radius 3 is 2.57 bits per heavy atom. The number of aromatic amines is 1. The number of hydrogen-bond donors (Lipinski definition) is 3. The predicted molar refractivity (Wildman–Crippen MR) is 127 cm³/mol. The molecule has 0 spiro atoms. The van der Waals surface area contributed by atoms with Crippen LogP contribution in [0.4, 0.5) is 5.69 Å². The van der Waals surface area contributed by atoms with Crippen LogP contribution in [0.1, 0.15) is 11.1 Å². The third-order valence-electron chi connectivity index (χ3n) is 4.48. The molecular weight excluding hydrogens is 467 g/mol. The fourth-order valence-corrected chi connectivity index (χ4v) is 3.05.